The smallest absolute Gasteiger partial charge is 0.00201 e. The Kier molecular flexibility index (Phi) is 5.26. The summed E-state index contributed by atoms with van der Waals surface area (Å²) >= 11 is 0. The van der Waals surface area contributed by atoms with Crippen LogP contribution in [0.1, 0.15) is 59.3 Å². The van der Waals surface area contributed by atoms with Gasteiger partial charge in [0.1, 0.15) is 0 Å². The minimum atomic E-state index is 0.376. The second kappa shape index (κ2) is 6.02. The molecule has 1 saturated carbocycles. The van der Waals surface area contributed by atoms with Gasteiger partial charge in [-0.25, -0.2) is 0 Å². The van der Waals surface area contributed by atoms with Gasteiger partial charge in [0, 0.05) is 13.1 Å². The largest absolute Gasteiger partial charge is 0.330 e. The maximum absolute atomic E-state index is 6.02. The third kappa shape index (κ3) is 4.84. The lowest BCUT2D eigenvalue weighted by Crippen LogP contribution is -2.42. The summed E-state index contributed by atoms with van der Waals surface area (Å²) in [6, 6.07) is 0. The summed E-state index contributed by atoms with van der Waals surface area (Å²) in [5, 5.41) is 3.63. The van der Waals surface area contributed by atoms with Gasteiger partial charge in [0.2, 0.25) is 0 Å². The molecule has 3 N–H and O–H groups in total. The van der Waals surface area contributed by atoms with Crippen LogP contribution in [0.15, 0.2) is 0 Å². The van der Waals surface area contributed by atoms with E-state index in [2.05, 4.69) is 26.1 Å². The molecule has 0 amide bonds. The van der Waals surface area contributed by atoms with E-state index >= 15 is 0 Å². The molecule has 0 unspecified atom stereocenters. The van der Waals surface area contributed by atoms with Gasteiger partial charge in [0.15, 0.2) is 0 Å². The molecular weight excluding hydrogens is 196 g/mol. The molecule has 2 nitrogen and oxygen atoms in total. The van der Waals surface area contributed by atoms with Crippen molar-refractivity contribution in [2.24, 2.45) is 16.6 Å². The van der Waals surface area contributed by atoms with Crippen LogP contribution in [0.4, 0.5) is 0 Å². The zero-order valence-electron chi connectivity index (χ0n) is 11.4. The Morgan fingerprint density at radius 2 is 1.62 bits per heavy atom. The maximum Gasteiger partial charge on any atom is 0.00201 e. The number of hydrogen-bond donors (Lipinski definition) is 2. The molecular formula is C14H30N2. The molecule has 1 rings (SSSR count). The predicted molar refractivity (Wildman–Crippen MR) is 71.5 cm³/mol. The van der Waals surface area contributed by atoms with E-state index in [0.717, 1.165) is 19.6 Å². The van der Waals surface area contributed by atoms with Crippen molar-refractivity contribution in [2.45, 2.75) is 59.3 Å². The second-order valence-corrected chi connectivity index (χ2v) is 6.78. The van der Waals surface area contributed by atoms with Crippen molar-refractivity contribution in [1.29, 1.82) is 0 Å². The minimum absolute atomic E-state index is 0.376. The zero-order chi connectivity index (χ0) is 12.1. The highest BCUT2D eigenvalue weighted by Crippen LogP contribution is 2.33. The summed E-state index contributed by atoms with van der Waals surface area (Å²) in [6.07, 6.45) is 8.19. The van der Waals surface area contributed by atoms with Gasteiger partial charge in [-0.3, -0.25) is 0 Å². The molecule has 0 atom stereocenters. The summed E-state index contributed by atoms with van der Waals surface area (Å²) in [6.45, 7) is 9.90. The first-order chi connectivity index (χ1) is 7.47. The molecule has 0 radical (unpaired) electrons. The molecule has 0 saturated heterocycles. The first-order valence-corrected chi connectivity index (χ1v) is 6.88. The van der Waals surface area contributed by atoms with Gasteiger partial charge < -0.3 is 11.1 Å². The van der Waals surface area contributed by atoms with Crippen LogP contribution in [-0.4, -0.2) is 19.6 Å². The van der Waals surface area contributed by atoms with Crippen molar-refractivity contribution in [3.05, 3.63) is 0 Å². The van der Waals surface area contributed by atoms with Crippen molar-refractivity contribution in [3.63, 3.8) is 0 Å². The molecule has 0 heterocycles. The van der Waals surface area contributed by atoms with E-state index in [9.17, 15) is 0 Å². The van der Waals surface area contributed by atoms with E-state index in [1.165, 1.54) is 38.5 Å². The van der Waals surface area contributed by atoms with Crippen LogP contribution < -0.4 is 11.1 Å². The summed E-state index contributed by atoms with van der Waals surface area (Å²) in [7, 11) is 0. The summed E-state index contributed by atoms with van der Waals surface area (Å²) in [4.78, 5) is 0. The van der Waals surface area contributed by atoms with Gasteiger partial charge in [0.25, 0.3) is 0 Å². The Bertz CT molecular complexity index is 185. The fourth-order valence-corrected chi connectivity index (χ4v) is 2.63. The average Bonchev–Trinajstić information content (AvgIpc) is 2.42. The maximum atomic E-state index is 6.02. The lowest BCUT2D eigenvalue weighted by atomic mass is 9.80. The zero-order valence-corrected chi connectivity index (χ0v) is 11.4. The van der Waals surface area contributed by atoms with Crippen LogP contribution in [0.2, 0.25) is 0 Å². The van der Waals surface area contributed by atoms with Gasteiger partial charge in [-0.05, 0) is 30.2 Å². The highest BCUT2D eigenvalue weighted by atomic mass is 14.9. The first-order valence-electron chi connectivity index (χ1n) is 6.88. The van der Waals surface area contributed by atoms with E-state index in [4.69, 9.17) is 5.73 Å². The lowest BCUT2D eigenvalue weighted by molar-refractivity contribution is 0.228. The van der Waals surface area contributed by atoms with Crippen LogP contribution in [0, 0.1) is 10.8 Å². The molecule has 1 fully saturated rings. The molecule has 0 spiro atoms. The fraction of sp³-hybridized carbons (Fsp3) is 1.00. The van der Waals surface area contributed by atoms with Crippen molar-refractivity contribution in [2.75, 3.05) is 19.6 Å². The van der Waals surface area contributed by atoms with Gasteiger partial charge in [0.05, 0.1) is 0 Å². The Hall–Kier alpha value is -0.0800. The number of nitrogens with one attached hydrogen (secondary N) is 1. The Morgan fingerprint density at radius 1 is 1.06 bits per heavy atom. The highest BCUT2D eigenvalue weighted by molar-refractivity contribution is 4.85. The van der Waals surface area contributed by atoms with Gasteiger partial charge in [-0.2, -0.15) is 0 Å². The molecule has 0 bridgehead atoms. The quantitative estimate of drug-likeness (QED) is 0.723. The van der Waals surface area contributed by atoms with Crippen molar-refractivity contribution >= 4 is 0 Å². The van der Waals surface area contributed by atoms with Crippen LogP contribution in [-0.2, 0) is 0 Å². The molecule has 96 valence electrons. The van der Waals surface area contributed by atoms with Gasteiger partial charge in [-0.15, -0.1) is 0 Å². The summed E-state index contributed by atoms with van der Waals surface area (Å²) in [5.74, 6) is 0. The third-order valence-corrected chi connectivity index (χ3v) is 3.75. The Labute approximate surface area is 101 Å². The molecule has 0 aromatic carbocycles. The average molecular weight is 226 g/mol. The number of hydrogen-bond acceptors (Lipinski definition) is 2. The number of nitrogens with two attached hydrogens (primary N) is 1. The molecule has 1 aliphatic rings. The minimum Gasteiger partial charge on any atom is -0.330 e. The predicted octanol–water partition coefficient (Wildman–Crippen LogP) is 2.92. The molecule has 2 heteroatoms. The Morgan fingerprint density at radius 3 is 2.06 bits per heavy atom. The van der Waals surface area contributed by atoms with E-state index in [1.54, 1.807) is 0 Å². The molecule has 1 aliphatic carbocycles. The van der Waals surface area contributed by atoms with Crippen molar-refractivity contribution in [1.82, 2.24) is 5.32 Å². The molecule has 0 aromatic rings. The van der Waals surface area contributed by atoms with Crippen LogP contribution in [0.3, 0.4) is 0 Å². The molecule has 0 aliphatic heterocycles. The Balaban J connectivity index is 2.39. The standard InChI is InChI=1S/C14H30N2/c1-13(2,3)11-16-12-14(10-15)8-6-4-5-7-9-14/h16H,4-12,15H2,1-3H3. The lowest BCUT2D eigenvalue weighted by Gasteiger charge is -2.33. The van der Waals surface area contributed by atoms with Crippen LogP contribution in [0.5, 0.6) is 0 Å². The van der Waals surface area contributed by atoms with Crippen LogP contribution in [0.25, 0.3) is 0 Å². The topological polar surface area (TPSA) is 38.0 Å². The van der Waals surface area contributed by atoms with E-state index in [1.807, 2.05) is 0 Å². The second-order valence-electron chi connectivity index (χ2n) is 6.78. The molecule has 16 heavy (non-hydrogen) atoms. The van der Waals surface area contributed by atoms with Crippen molar-refractivity contribution in [3.8, 4) is 0 Å². The van der Waals surface area contributed by atoms with E-state index in [-0.39, 0.29) is 0 Å². The third-order valence-electron chi connectivity index (χ3n) is 3.75. The highest BCUT2D eigenvalue weighted by Gasteiger charge is 2.29. The van der Waals surface area contributed by atoms with Gasteiger partial charge >= 0.3 is 0 Å². The summed E-state index contributed by atoms with van der Waals surface area (Å²) in [5.41, 5.74) is 6.78. The molecule has 0 aromatic heterocycles. The summed E-state index contributed by atoms with van der Waals surface area (Å²) < 4.78 is 0. The van der Waals surface area contributed by atoms with Crippen molar-refractivity contribution < 1.29 is 0 Å². The van der Waals surface area contributed by atoms with Gasteiger partial charge in [-0.1, -0.05) is 46.5 Å². The monoisotopic (exact) mass is 226 g/mol. The van der Waals surface area contributed by atoms with Crippen LogP contribution >= 0.6 is 0 Å². The normalized spacial score (nSPS) is 21.8. The SMILES string of the molecule is CC(C)(C)CNCC1(CN)CCCCCC1. The van der Waals surface area contributed by atoms with E-state index < -0.39 is 0 Å². The van der Waals surface area contributed by atoms with E-state index in [0.29, 0.717) is 10.8 Å². The first kappa shape index (κ1) is 14.0. The fourth-order valence-electron chi connectivity index (χ4n) is 2.63. The number of rotatable bonds is 4.